The lowest BCUT2D eigenvalue weighted by Crippen LogP contribution is -1.98. The van der Waals surface area contributed by atoms with E-state index in [0.29, 0.717) is 6.42 Å². The zero-order valence-electron chi connectivity index (χ0n) is 10.7. The van der Waals surface area contributed by atoms with E-state index in [0.717, 1.165) is 29.2 Å². The molecule has 19 heavy (non-hydrogen) atoms. The molecule has 0 spiro atoms. The molecule has 0 fully saturated rings. The van der Waals surface area contributed by atoms with Gasteiger partial charge < -0.3 is 0 Å². The Bertz CT molecular complexity index is 650. The molecule has 0 saturated heterocycles. The van der Waals surface area contributed by atoms with Gasteiger partial charge in [-0.05, 0) is 29.7 Å². The van der Waals surface area contributed by atoms with Crippen LogP contribution in [0.3, 0.4) is 0 Å². The normalized spacial score (nSPS) is 10.7. The molecule has 2 aromatic rings. The van der Waals surface area contributed by atoms with Gasteiger partial charge in [-0.1, -0.05) is 42.5 Å². The fourth-order valence-corrected chi connectivity index (χ4v) is 2.02. The third kappa shape index (κ3) is 3.53. The molecule has 0 heterocycles. The Morgan fingerprint density at radius 2 is 1.95 bits per heavy atom. The summed E-state index contributed by atoms with van der Waals surface area (Å²) in [5, 5.41) is 10.6. The van der Waals surface area contributed by atoms with Crippen molar-refractivity contribution in [3.05, 3.63) is 60.2 Å². The topological polar surface area (TPSA) is 40.9 Å². The quantitative estimate of drug-likeness (QED) is 0.451. The summed E-state index contributed by atoms with van der Waals surface area (Å²) in [7, 11) is 0. The highest BCUT2D eigenvalue weighted by atomic mass is 16.1. The van der Waals surface area contributed by atoms with Gasteiger partial charge >= 0.3 is 0 Å². The minimum Gasteiger partial charge on any atom is -0.294 e. The van der Waals surface area contributed by atoms with Crippen molar-refractivity contribution in [3.8, 4) is 6.07 Å². The number of hydrogen-bond acceptors (Lipinski definition) is 2. The average Bonchev–Trinajstić information content (AvgIpc) is 2.46. The van der Waals surface area contributed by atoms with Crippen LogP contribution in [0.15, 0.2) is 54.6 Å². The molecule has 0 saturated carbocycles. The van der Waals surface area contributed by atoms with E-state index in [4.69, 9.17) is 5.26 Å². The lowest BCUT2D eigenvalue weighted by molar-refractivity contribution is 0.0980. The predicted octanol–water partition coefficient (Wildman–Crippen LogP) is 4.27. The Balaban J connectivity index is 2.01. The van der Waals surface area contributed by atoms with Gasteiger partial charge in [-0.25, -0.2) is 0 Å². The monoisotopic (exact) mass is 249 g/mol. The molecule has 0 atom stereocenters. The molecule has 2 rings (SSSR count). The molecule has 0 unspecified atom stereocenters. The van der Waals surface area contributed by atoms with Crippen LogP contribution in [0, 0.1) is 11.3 Å². The van der Waals surface area contributed by atoms with E-state index in [2.05, 4.69) is 0 Å². The molecule has 0 N–H and O–H groups in total. The van der Waals surface area contributed by atoms with Crippen LogP contribution < -0.4 is 0 Å². The summed E-state index contributed by atoms with van der Waals surface area (Å²) >= 11 is 0. The first-order chi connectivity index (χ1) is 9.31. The number of allylic oxidation sites excluding steroid dienone is 2. The third-order valence-electron chi connectivity index (χ3n) is 3.04. The van der Waals surface area contributed by atoms with Crippen molar-refractivity contribution in [2.24, 2.45) is 0 Å². The Morgan fingerprint density at radius 1 is 1.16 bits per heavy atom. The number of benzene rings is 2. The SMILES string of the molecule is N#C/C=C/CCCC(=O)c1ccc2ccccc2c1. The van der Waals surface area contributed by atoms with E-state index in [1.807, 2.05) is 48.5 Å². The van der Waals surface area contributed by atoms with Gasteiger partial charge in [0.25, 0.3) is 0 Å². The summed E-state index contributed by atoms with van der Waals surface area (Å²) in [6.07, 6.45) is 5.33. The van der Waals surface area contributed by atoms with Crippen molar-refractivity contribution < 1.29 is 4.79 Å². The van der Waals surface area contributed by atoms with Crippen LogP contribution in [-0.2, 0) is 0 Å². The highest BCUT2D eigenvalue weighted by molar-refractivity contribution is 5.99. The van der Waals surface area contributed by atoms with Crippen molar-refractivity contribution in [1.82, 2.24) is 0 Å². The van der Waals surface area contributed by atoms with Crippen LogP contribution >= 0.6 is 0 Å². The zero-order chi connectivity index (χ0) is 13.5. The van der Waals surface area contributed by atoms with Gasteiger partial charge in [0.15, 0.2) is 5.78 Å². The predicted molar refractivity (Wildman–Crippen MR) is 76.9 cm³/mol. The van der Waals surface area contributed by atoms with Crippen LogP contribution in [0.4, 0.5) is 0 Å². The first kappa shape index (κ1) is 13.0. The molecule has 0 radical (unpaired) electrons. The molecule has 2 heteroatoms. The number of Topliss-reactive ketones (excluding diaryl/α,β-unsaturated/α-hetero) is 1. The Morgan fingerprint density at radius 3 is 2.74 bits per heavy atom. The molecule has 0 aliphatic heterocycles. The molecular formula is C17H15NO. The average molecular weight is 249 g/mol. The van der Waals surface area contributed by atoms with Crippen LogP contribution in [0.5, 0.6) is 0 Å². The number of fused-ring (bicyclic) bond motifs is 1. The first-order valence-electron chi connectivity index (χ1n) is 6.38. The number of nitrogens with zero attached hydrogens (tertiary/aromatic N) is 1. The molecule has 0 aromatic heterocycles. The molecule has 2 nitrogen and oxygen atoms in total. The van der Waals surface area contributed by atoms with E-state index in [1.54, 1.807) is 6.08 Å². The van der Waals surface area contributed by atoms with Gasteiger partial charge in [-0.2, -0.15) is 5.26 Å². The number of carbonyl (C=O) groups is 1. The Labute approximate surface area is 113 Å². The second kappa shape index (κ2) is 6.51. The molecule has 94 valence electrons. The van der Waals surface area contributed by atoms with Crippen molar-refractivity contribution in [1.29, 1.82) is 5.26 Å². The van der Waals surface area contributed by atoms with Gasteiger partial charge in [0.2, 0.25) is 0 Å². The van der Waals surface area contributed by atoms with Gasteiger partial charge in [0, 0.05) is 18.1 Å². The number of rotatable bonds is 5. The Hall–Kier alpha value is -2.40. The standard InChI is InChI=1S/C17H15NO/c18-12-6-2-1-3-9-17(19)16-11-10-14-7-4-5-8-15(14)13-16/h2,4-8,10-11,13H,1,3,9H2/b6-2+. The number of ketones is 1. The summed E-state index contributed by atoms with van der Waals surface area (Å²) in [6, 6.07) is 15.8. The van der Waals surface area contributed by atoms with Gasteiger partial charge in [-0.15, -0.1) is 0 Å². The van der Waals surface area contributed by atoms with Crippen LogP contribution in [0.2, 0.25) is 0 Å². The number of unbranched alkanes of at least 4 members (excludes halogenated alkanes) is 1. The molecule has 0 amide bonds. The minimum absolute atomic E-state index is 0.163. The maximum atomic E-state index is 12.0. The summed E-state index contributed by atoms with van der Waals surface area (Å²) in [5.41, 5.74) is 0.767. The Kier molecular flexibility index (Phi) is 4.47. The van der Waals surface area contributed by atoms with Crippen molar-refractivity contribution >= 4 is 16.6 Å². The van der Waals surface area contributed by atoms with Crippen molar-refractivity contribution in [2.75, 3.05) is 0 Å². The third-order valence-corrected chi connectivity index (χ3v) is 3.04. The number of nitriles is 1. The number of carbonyl (C=O) groups excluding carboxylic acids is 1. The maximum Gasteiger partial charge on any atom is 0.162 e. The van der Waals surface area contributed by atoms with E-state index in [9.17, 15) is 4.79 Å². The second-order valence-electron chi connectivity index (χ2n) is 4.41. The lowest BCUT2D eigenvalue weighted by Gasteiger charge is -2.02. The minimum atomic E-state index is 0.163. The fraction of sp³-hybridized carbons (Fsp3) is 0.176. The molecule has 0 aliphatic rings. The van der Waals surface area contributed by atoms with Crippen LogP contribution in [-0.4, -0.2) is 5.78 Å². The highest BCUT2D eigenvalue weighted by Gasteiger charge is 2.05. The summed E-state index contributed by atoms with van der Waals surface area (Å²) in [5.74, 6) is 0.163. The number of hydrogen-bond donors (Lipinski definition) is 0. The molecule has 2 aromatic carbocycles. The van der Waals surface area contributed by atoms with Crippen molar-refractivity contribution in [3.63, 3.8) is 0 Å². The van der Waals surface area contributed by atoms with Gasteiger partial charge in [0.05, 0.1) is 6.07 Å². The van der Waals surface area contributed by atoms with Gasteiger partial charge in [-0.3, -0.25) is 4.79 Å². The summed E-state index contributed by atoms with van der Waals surface area (Å²) in [4.78, 5) is 12.0. The second-order valence-corrected chi connectivity index (χ2v) is 4.41. The molecule has 0 aliphatic carbocycles. The van der Waals surface area contributed by atoms with E-state index < -0.39 is 0 Å². The fourth-order valence-electron chi connectivity index (χ4n) is 2.02. The van der Waals surface area contributed by atoms with E-state index in [-0.39, 0.29) is 5.78 Å². The smallest absolute Gasteiger partial charge is 0.162 e. The van der Waals surface area contributed by atoms with E-state index in [1.165, 1.54) is 6.08 Å². The van der Waals surface area contributed by atoms with Crippen LogP contribution in [0.1, 0.15) is 29.6 Å². The van der Waals surface area contributed by atoms with Crippen molar-refractivity contribution in [2.45, 2.75) is 19.3 Å². The summed E-state index contributed by atoms with van der Waals surface area (Å²) < 4.78 is 0. The maximum absolute atomic E-state index is 12.0. The molecular weight excluding hydrogens is 234 g/mol. The lowest BCUT2D eigenvalue weighted by atomic mass is 10.0. The largest absolute Gasteiger partial charge is 0.294 e. The summed E-state index contributed by atoms with van der Waals surface area (Å²) in [6.45, 7) is 0. The zero-order valence-corrected chi connectivity index (χ0v) is 10.7. The van der Waals surface area contributed by atoms with Crippen LogP contribution in [0.25, 0.3) is 10.8 Å². The first-order valence-corrected chi connectivity index (χ1v) is 6.38. The molecule has 0 bridgehead atoms. The highest BCUT2D eigenvalue weighted by Crippen LogP contribution is 2.17. The van der Waals surface area contributed by atoms with E-state index >= 15 is 0 Å². The van der Waals surface area contributed by atoms with Gasteiger partial charge in [0.1, 0.15) is 0 Å².